The molecule has 0 saturated heterocycles. The van der Waals surface area contributed by atoms with Crippen molar-refractivity contribution < 1.29 is 22.4 Å². The molecule has 1 aromatic rings. The molecule has 1 rings (SSSR count). The van der Waals surface area contributed by atoms with Gasteiger partial charge in [-0.25, -0.2) is 4.39 Å². The predicted molar refractivity (Wildman–Crippen MR) is 45.5 cm³/mol. The number of nitrogen functional groups attached to an aromatic ring is 1. The maximum atomic E-state index is 12.6. The van der Waals surface area contributed by atoms with Crippen molar-refractivity contribution in [3.05, 3.63) is 24.0 Å². The highest BCUT2D eigenvalue weighted by Crippen LogP contribution is 2.23. The van der Waals surface area contributed by atoms with Crippen molar-refractivity contribution in [3.8, 4) is 0 Å². The van der Waals surface area contributed by atoms with E-state index in [0.717, 1.165) is 12.1 Å². The van der Waals surface area contributed by atoms with Crippen LogP contribution in [-0.2, 0) is 4.79 Å². The third-order valence-electron chi connectivity index (χ3n) is 1.52. The van der Waals surface area contributed by atoms with Crippen molar-refractivity contribution in [1.29, 1.82) is 0 Å². The number of carbonyl (C=O) groups excluding carboxylic acids is 1. The van der Waals surface area contributed by atoms with Gasteiger partial charge in [-0.05, 0) is 18.2 Å². The van der Waals surface area contributed by atoms with E-state index < -0.39 is 23.6 Å². The summed E-state index contributed by atoms with van der Waals surface area (Å²) in [6, 6.07) is 2.73. The maximum Gasteiger partial charge on any atom is 0.471 e. The fraction of sp³-hybridized carbons (Fsp3) is 0.125. The van der Waals surface area contributed by atoms with Gasteiger partial charge < -0.3 is 11.1 Å². The monoisotopic (exact) mass is 222 g/mol. The van der Waals surface area contributed by atoms with Crippen molar-refractivity contribution in [2.75, 3.05) is 11.1 Å². The molecule has 7 heteroatoms. The molecule has 0 radical (unpaired) electrons. The summed E-state index contributed by atoms with van der Waals surface area (Å²) in [6.45, 7) is 0. The summed E-state index contributed by atoms with van der Waals surface area (Å²) in [6.07, 6.45) is -5.03. The molecule has 0 spiro atoms. The first-order valence-electron chi connectivity index (χ1n) is 3.74. The second-order valence-electron chi connectivity index (χ2n) is 2.68. The lowest BCUT2D eigenvalue weighted by Crippen LogP contribution is -2.30. The van der Waals surface area contributed by atoms with Gasteiger partial charge in [0.05, 0.1) is 11.4 Å². The van der Waals surface area contributed by atoms with Crippen molar-refractivity contribution >= 4 is 17.3 Å². The highest BCUT2D eigenvalue weighted by Gasteiger charge is 2.38. The second kappa shape index (κ2) is 3.76. The molecule has 0 heterocycles. The first-order valence-corrected chi connectivity index (χ1v) is 3.74. The molecule has 0 bridgehead atoms. The number of hydrogen-bond acceptors (Lipinski definition) is 2. The zero-order valence-corrected chi connectivity index (χ0v) is 7.23. The van der Waals surface area contributed by atoms with Gasteiger partial charge in [-0.3, -0.25) is 4.79 Å². The van der Waals surface area contributed by atoms with E-state index in [2.05, 4.69) is 0 Å². The highest BCUT2D eigenvalue weighted by molar-refractivity contribution is 5.97. The van der Waals surface area contributed by atoms with E-state index in [-0.39, 0.29) is 5.69 Å². The number of rotatable bonds is 1. The first-order chi connectivity index (χ1) is 6.80. The number of carbonyl (C=O) groups is 1. The van der Waals surface area contributed by atoms with Crippen LogP contribution in [0.1, 0.15) is 0 Å². The van der Waals surface area contributed by atoms with E-state index >= 15 is 0 Å². The number of nitrogens with two attached hydrogens (primary N) is 1. The number of amides is 1. The number of halogens is 4. The Bertz CT molecular complexity index is 389. The summed E-state index contributed by atoms with van der Waals surface area (Å²) < 4.78 is 48.1. The number of nitrogens with one attached hydrogen (secondary N) is 1. The third-order valence-corrected chi connectivity index (χ3v) is 1.52. The first kappa shape index (κ1) is 11.3. The van der Waals surface area contributed by atoms with Crippen LogP contribution >= 0.6 is 0 Å². The van der Waals surface area contributed by atoms with Gasteiger partial charge in [0.1, 0.15) is 5.82 Å². The van der Waals surface area contributed by atoms with Crippen LogP contribution in [0.3, 0.4) is 0 Å². The van der Waals surface area contributed by atoms with E-state index in [0.29, 0.717) is 6.07 Å². The molecule has 0 aliphatic carbocycles. The fourth-order valence-electron chi connectivity index (χ4n) is 0.830. The molecule has 3 nitrogen and oxygen atoms in total. The van der Waals surface area contributed by atoms with Crippen LogP contribution in [0.15, 0.2) is 18.2 Å². The highest BCUT2D eigenvalue weighted by atomic mass is 19.4. The molecule has 0 aliphatic heterocycles. The van der Waals surface area contributed by atoms with E-state index in [1.807, 2.05) is 0 Å². The molecule has 1 aromatic carbocycles. The van der Waals surface area contributed by atoms with E-state index in [1.54, 1.807) is 0 Å². The summed E-state index contributed by atoms with van der Waals surface area (Å²) >= 11 is 0. The molecule has 0 fully saturated rings. The summed E-state index contributed by atoms with van der Waals surface area (Å²) in [5.41, 5.74) is 4.68. The van der Waals surface area contributed by atoms with E-state index in [4.69, 9.17) is 5.73 Å². The van der Waals surface area contributed by atoms with Crippen molar-refractivity contribution in [3.63, 3.8) is 0 Å². The van der Waals surface area contributed by atoms with Crippen LogP contribution in [0.4, 0.5) is 28.9 Å². The van der Waals surface area contributed by atoms with Gasteiger partial charge in [0, 0.05) is 0 Å². The Morgan fingerprint density at radius 2 is 1.93 bits per heavy atom. The van der Waals surface area contributed by atoms with Gasteiger partial charge in [0.15, 0.2) is 0 Å². The van der Waals surface area contributed by atoms with E-state index in [9.17, 15) is 22.4 Å². The number of hydrogen-bond donors (Lipinski definition) is 2. The van der Waals surface area contributed by atoms with Gasteiger partial charge in [-0.2, -0.15) is 13.2 Å². The average molecular weight is 222 g/mol. The number of benzene rings is 1. The molecular weight excluding hydrogens is 216 g/mol. The molecule has 82 valence electrons. The second-order valence-corrected chi connectivity index (χ2v) is 2.68. The fourth-order valence-corrected chi connectivity index (χ4v) is 0.830. The molecule has 1 amide bonds. The van der Waals surface area contributed by atoms with Crippen molar-refractivity contribution in [2.24, 2.45) is 0 Å². The topological polar surface area (TPSA) is 55.1 Å². The van der Waals surface area contributed by atoms with Gasteiger partial charge >= 0.3 is 12.1 Å². The van der Waals surface area contributed by atoms with Gasteiger partial charge in [0.25, 0.3) is 0 Å². The zero-order valence-electron chi connectivity index (χ0n) is 7.23. The maximum absolute atomic E-state index is 12.6. The Labute approximate surface area is 81.9 Å². The predicted octanol–water partition coefficient (Wildman–Crippen LogP) is 1.91. The number of alkyl halides is 3. The molecular formula is C8H6F4N2O. The Kier molecular flexibility index (Phi) is 2.83. The van der Waals surface area contributed by atoms with Crippen LogP contribution in [0, 0.1) is 5.82 Å². The van der Waals surface area contributed by atoms with Crippen LogP contribution in [0.5, 0.6) is 0 Å². The normalized spacial score (nSPS) is 11.2. The lowest BCUT2D eigenvalue weighted by Gasteiger charge is -2.09. The Morgan fingerprint density at radius 1 is 1.33 bits per heavy atom. The molecule has 15 heavy (non-hydrogen) atoms. The molecule has 3 N–H and O–H groups in total. The third kappa shape index (κ3) is 2.83. The molecule has 0 aromatic heterocycles. The van der Waals surface area contributed by atoms with Crippen LogP contribution < -0.4 is 11.1 Å². The largest absolute Gasteiger partial charge is 0.471 e. The SMILES string of the molecule is Nc1ccc(F)cc1NC(=O)C(F)(F)F. The van der Waals surface area contributed by atoms with Crippen molar-refractivity contribution in [1.82, 2.24) is 0 Å². The standard InChI is InChI=1S/C8H6F4N2O/c9-4-1-2-5(13)6(3-4)14-7(15)8(10,11)12/h1-3H,13H2,(H,14,15). The molecule has 0 aliphatic rings. The van der Waals surface area contributed by atoms with E-state index in [1.165, 1.54) is 5.32 Å². The summed E-state index contributed by atoms with van der Waals surface area (Å²) in [5, 5.41) is 1.46. The smallest absolute Gasteiger partial charge is 0.397 e. The summed E-state index contributed by atoms with van der Waals surface area (Å²) in [4.78, 5) is 10.5. The molecule has 0 atom stereocenters. The summed E-state index contributed by atoms with van der Waals surface area (Å²) in [7, 11) is 0. The minimum atomic E-state index is -5.03. The molecule has 0 saturated carbocycles. The van der Waals surface area contributed by atoms with Gasteiger partial charge in [-0.1, -0.05) is 0 Å². The zero-order chi connectivity index (χ0) is 11.6. The van der Waals surface area contributed by atoms with Crippen LogP contribution in [0.2, 0.25) is 0 Å². The van der Waals surface area contributed by atoms with Gasteiger partial charge in [-0.15, -0.1) is 0 Å². The Morgan fingerprint density at radius 3 is 2.47 bits per heavy atom. The quantitative estimate of drug-likeness (QED) is 0.563. The molecule has 0 unspecified atom stereocenters. The minimum Gasteiger partial charge on any atom is -0.397 e. The summed E-state index contributed by atoms with van der Waals surface area (Å²) in [5.74, 6) is -2.98. The lowest BCUT2D eigenvalue weighted by molar-refractivity contribution is -0.167. The number of anilines is 2. The van der Waals surface area contributed by atoms with Gasteiger partial charge in [0.2, 0.25) is 0 Å². The van der Waals surface area contributed by atoms with Crippen LogP contribution in [-0.4, -0.2) is 12.1 Å². The Hall–Kier alpha value is -1.79. The average Bonchev–Trinajstić information content (AvgIpc) is 2.09. The van der Waals surface area contributed by atoms with Crippen LogP contribution in [0.25, 0.3) is 0 Å². The minimum absolute atomic E-state index is 0.144. The van der Waals surface area contributed by atoms with Crippen molar-refractivity contribution in [2.45, 2.75) is 6.18 Å². The lowest BCUT2D eigenvalue weighted by atomic mass is 10.2. The Balaban J connectivity index is 2.90.